The average Bonchev–Trinajstić information content (AvgIpc) is 2.09. The van der Waals surface area contributed by atoms with Gasteiger partial charge < -0.3 is 25.5 Å². The first-order chi connectivity index (χ1) is 5.91. The molecule has 1 fully saturated rings. The van der Waals surface area contributed by atoms with Crippen molar-refractivity contribution in [3.63, 3.8) is 0 Å². The third kappa shape index (κ3) is 1.70. The predicted octanol–water partition coefficient (Wildman–Crippen LogP) is -2.17. The molecular formula is C8H16O5. The van der Waals surface area contributed by atoms with E-state index in [9.17, 15) is 20.4 Å². The molecule has 0 aromatic rings. The van der Waals surface area contributed by atoms with Crippen LogP contribution in [0.2, 0.25) is 0 Å². The lowest BCUT2D eigenvalue weighted by Gasteiger charge is -2.44. The molecule has 0 heterocycles. The molecule has 1 aliphatic rings. The van der Waals surface area contributed by atoms with Crippen LogP contribution >= 0.6 is 0 Å². The third-order valence-corrected chi connectivity index (χ3v) is 2.84. The summed E-state index contributed by atoms with van der Waals surface area (Å²) in [7, 11) is 0. The second kappa shape index (κ2) is 3.51. The maximum Gasteiger partial charge on any atom is 0.116 e. The van der Waals surface area contributed by atoms with Crippen LogP contribution in [0.3, 0.4) is 0 Å². The van der Waals surface area contributed by atoms with Crippen molar-refractivity contribution in [2.75, 3.05) is 6.61 Å². The number of aliphatic hydroxyl groups excluding tert-OH is 4. The molecule has 0 saturated heterocycles. The fourth-order valence-electron chi connectivity index (χ4n) is 1.65. The summed E-state index contributed by atoms with van der Waals surface area (Å²) >= 11 is 0. The maximum atomic E-state index is 9.55. The van der Waals surface area contributed by atoms with Gasteiger partial charge >= 0.3 is 0 Å². The van der Waals surface area contributed by atoms with Gasteiger partial charge in [0.1, 0.15) is 11.7 Å². The van der Waals surface area contributed by atoms with Crippen molar-refractivity contribution in [1.82, 2.24) is 0 Å². The van der Waals surface area contributed by atoms with E-state index >= 15 is 0 Å². The van der Waals surface area contributed by atoms with Crippen LogP contribution in [0.25, 0.3) is 0 Å². The zero-order chi connectivity index (χ0) is 10.2. The molecule has 0 aromatic heterocycles. The molecule has 0 aliphatic heterocycles. The summed E-state index contributed by atoms with van der Waals surface area (Å²) in [5.74, 6) is -0.578. The minimum Gasteiger partial charge on any atom is -0.396 e. The number of hydrogen-bond acceptors (Lipinski definition) is 5. The van der Waals surface area contributed by atoms with Crippen molar-refractivity contribution in [3.8, 4) is 0 Å². The molecule has 0 aromatic carbocycles. The van der Waals surface area contributed by atoms with Crippen LogP contribution < -0.4 is 0 Å². The summed E-state index contributed by atoms with van der Waals surface area (Å²) in [6.45, 7) is 0.949. The Morgan fingerprint density at radius 2 is 1.85 bits per heavy atom. The van der Waals surface area contributed by atoms with E-state index in [1.54, 1.807) is 0 Å². The molecule has 78 valence electrons. The van der Waals surface area contributed by atoms with Crippen LogP contribution in [0, 0.1) is 5.92 Å². The first-order valence-corrected chi connectivity index (χ1v) is 4.28. The minimum atomic E-state index is -1.70. The quantitative estimate of drug-likeness (QED) is 0.325. The van der Waals surface area contributed by atoms with Gasteiger partial charge in [-0.1, -0.05) is 0 Å². The molecule has 1 rings (SSSR count). The van der Waals surface area contributed by atoms with Gasteiger partial charge in [-0.2, -0.15) is 0 Å². The third-order valence-electron chi connectivity index (χ3n) is 2.84. The number of rotatable bonds is 1. The van der Waals surface area contributed by atoms with Gasteiger partial charge in [-0.3, -0.25) is 0 Å². The van der Waals surface area contributed by atoms with Gasteiger partial charge in [-0.05, 0) is 13.3 Å². The largest absolute Gasteiger partial charge is 0.396 e. The zero-order valence-electron chi connectivity index (χ0n) is 7.46. The minimum absolute atomic E-state index is 0.0850. The fraction of sp³-hybridized carbons (Fsp3) is 1.00. The van der Waals surface area contributed by atoms with Gasteiger partial charge in [0.05, 0.1) is 12.2 Å². The highest BCUT2D eigenvalue weighted by Gasteiger charge is 2.49. The maximum absolute atomic E-state index is 9.55. The summed E-state index contributed by atoms with van der Waals surface area (Å²) in [6, 6.07) is 0. The molecule has 0 spiro atoms. The summed E-state index contributed by atoms with van der Waals surface area (Å²) in [5, 5.41) is 46.6. The fourth-order valence-corrected chi connectivity index (χ4v) is 1.65. The Kier molecular flexibility index (Phi) is 2.94. The molecule has 5 nitrogen and oxygen atoms in total. The Morgan fingerprint density at radius 1 is 1.31 bits per heavy atom. The van der Waals surface area contributed by atoms with Gasteiger partial charge in [0.15, 0.2) is 0 Å². The number of aliphatic hydroxyl groups is 5. The first kappa shape index (κ1) is 10.9. The van der Waals surface area contributed by atoms with Crippen LogP contribution in [0.1, 0.15) is 13.3 Å². The van der Waals surface area contributed by atoms with Crippen molar-refractivity contribution >= 4 is 0 Å². The Morgan fingerprint density at radius 3 is 2.31 bits per heavy atom. The lowest BCUT2D eigenvalue weighted by atomic mass is 9.74. The summed E-state index contributed by atoms with van der Waals surface area (Å²) in [6.07, 6.45) is -3.65. The van der Waals surface area contributed by atoms with Crippen LogP contribution in [0.5, 0.6) is 0 Å². The molecule has 1 saturated carbocycles. The van der Waals surface area contributed by atoms with Crippen LogP contribution in [-0.2, 0) is 0 Å². The highest BCUT2D eigenvalue weighted by molar-refractivity contribution is 5.00. The van der Waals surface area contributed by atoms with E-state index in [0.29, 0.717) is 0 Å². The van der Waals surface area contributed by atoms with Crippen molar-refractivity contribution in [2.24, 2.45) is 5.92 Å². The van der Waals surface area contributed by atoms with E-state index in [4.69, 9.17) is 5.11 Å². The standard InChI is InChI=1S/C8H16O5/c1-8(13)5(10)2-4(3-9)6(11)7(8)12/h4-7,9-13H,2-3H2,1H3/t4-,5-,6-,7+,8-/m0/s1. The molecule has 5 heteroatoms. The zero-order valence-corrected chi connectivity index (χ0v) is 7.46. The van der Waals surface area contributed by atoms with Gasteiger partial charge in [0.2, 0.25) is 0 Å². The topological polar surface area (TPSA) is 101 Å². The lowest BCUT2D eigenvalue weighted by molar-refractivity contribution is -0.213. The van der Waals surface area contributed by atoms with Crippen LogP contribution in [0.4, 0.5) is 0 Å². The van der Waals surface area contributed by atoms with Crippen molar-refractivity contribution in [1.29, 1.82) is 0 Å². The molecule has 5 atom stereocenters. The highest BCUT2D eigenvalue weighted by Crippen LogP contribution is 2.32. The Labute approximate surface area is 76.3 Å². The molecule has 13 heavy (non-hydrogen) atoms. The van der Waals surface area contributed by atoms with Gasteiger partial charge in [-0.15, -0.1) is 0 Å². The first-order valence-electron chi connectivity index (χ1n) is 4.28. The number of hydrogen-bond donors (Lipinski definition) is 5. The molecule has 1 aliphatic carbocycles. The summed E-state index contributed by atoms with van der Waals surface area (Å²) < 4.78 is 0. The molecule has 0 radical (unpaired) electrons. The predicted molar refractivity (Wildman–Crippen MR) is 43.8 cm³/mol. The SMILES string of the molecule is C[C@@]1(O)[C@H](O)[C@@H](O)[C@H](CO)C[C@@H]1O. The monoisotopic (exact) mass is 192 g/mol. The van der Waals surface area contributed by atoms with Crippen molar-refractivity contribution < 1.29 is 25.5 Å². The normalized spacial score (nSPS) is 52.2. The second-order valence-corrected chi connectivity index (χ2v) is 3.86. The lowest BCUT2D eigenvalue weighted by Crippen LogP contribution is -2.61. The van der Waals surface area contributed by atoms with E-state index in [1.807, 2.05) is 0 Å². The van der Waals surface area contributed by atoms with Crippen molar-refractivity contribution in [2.45, 2.75) is 37.3 Å². The molecule has 0 bridgehead atoms. The Bertz CT molecular complexity index is 181. The van der Waals surface area contributed by atoms with E-state index in [-0.39, 0.29) is 13.0 Å². The van der Waals surface area contributed by atoms with Crippen LogP contribution in [0.15, 0.2) is 0 Å². The molecule has 0 unspecified atom stereocenters. The van der Waals surface area contributed by atoms with Gasteiger partial charge in [0, 0.05) is 12.5 Å². The van der Waals surface area contributed by atoms with Crippen LogP contribution in [-0.4, -0.2) is 56.1 Å². The van der Waals surface area contributed by atoms with Gasteiger partial charge in [0.25, 0.3) is 0 Å². The average molecular weight is 192 g/mol. The molecular weight excluding hydrogens is 176 g/mol. The summed E-state index contributed by atoms with van der Waals surface area (Å²) in [5.41, 5.74) is -1.70. The second-order valence-electron chi connectivity index (χ2n) is 3.86. The van der Waals surface area contributed by atoms with E-state index in [2.05, 4.69) is 0 Å². The Balaban J connectivity index is 2.79. The van der Waals surface area contributed by atoms with E-state index < -0.39 is 29.8 Å². The summed E-state index contributed by atoms with van der Waals surface area (Å²) in [4.78, 5) is 0. The molecule has 5 N–H and O–H groups in total. The van der Waals surface area contributed by atoms with E-state index in [1.165, 1.54) is 6.92 Å². The van der Waals surface area contributed by atoms with Gasteiger partial charge in [-0.25, -0.2) is 0 Å². The smallest absolute Gasteiger partial charge is 0.116 e. The Hall–Kier alpha value is -0.200. The molecule has 0 amide bonds. The highest BCUT2D eigenvalue weighted by atomic mass is 16.4. The van der Waals surface area contributed by atoms with Crippen molar-refractivity contribution in [3.05, 3.63) is 0 Å². The van der Waals surface area contributed by atoms with E-state index in [0.717, 1.165) is 0 Å².